The molecule has 0 aromatic rings. The van der Waals surface area contributed by atoms with E-state index in [0.717, 1.165) is 4.82 Å². The first-order valence-corrected chi connectivity index (χ1v) is 8.94. The van der Waals surface area contributed by atoms with Gasteiger partial charge in [0.15, 0.2) is 0 Å². The van der Waals surface area contributed by atoms with Gasteiger partial charge in [-0.1, -0.05) is 6.58 Å². The molecular weight excluding hydrogens is 216 g/mol. The van der Waals surface area contributed by atoms with Crippen LogP contribution in [0, 0.1) is 0 Å². The van der Waals surface area contributed by atoms with E-state index in [2.05, 4.69) is 6.58 Å². The lowest BCUT2D eigenvalue weighted by Gasteiger charge is -2.33. The van der Waals surface area contributed by atoms with Crippen molar-refractivity contribution < 1.29 is 17.7 Å². The second kappa shape index (κ2) is 5.20. The topological polar surface area (TPSA) is 36.9 Å². The monoisotopic (exact) mass is 236 g/mol. The number of hydrogen-bond acceptors (Lipinski definition) is 4. The van der Waals surface area contributed by atoms with Crippen LogP contribution in [0.4, 0.5) is 0 Å². The van der Waals surface area contributed by atoms with E-state index >= 15 is 0 Å². The van der Waals surface area contributed by atoms with E-state index in [1.165, 1.54) is 0 Å². The van der Waals surface area contributed by atoms with E-state index in [1.54, 1.807) is 28.4 Å². The minimum absolute atomic E-state index is 0.847. The summed E-state index contributed by atoms with van der Waals surface area (Å²) in [5, 5.41) is 0. The Labute approximate surface area is 88.3 Å². The predicted octanol–water partition coefficient (Wildman–Crippen LogP) is 1.35. The Morgan fingerprint density at radius 1 is 0.786 bits per heavy atom. The smallest absolute Gasteiger partial charge is 0.364 e. The Kier molecular flexibility index (Phi) is 5.20. The van der Waals surface area contributed by atoms with Crippen LogP contribution in [0.25, 0.3) is 0 Å². The molecule has 84 valence electrons. The summed E-state index contributed by atoms with van der Waals surface area (Å²) < 4.78 is 21.6. The molecule has 0 N–H and O–H groups in total. The van der Waals surface area contributed by atoms with E-state index in [0.29, 0.717) is 0 Å². The van der Waals surface area contributed by atoms with Crippen molar-refractivity contribution in [3.05, 3.63) is 11.4 Å². The second-order valence-corrected chi connectivity index (χ2v) is 10.3. The Morgan fingerprint density at radius 3 is 1.14 bits per heavy atom. The third-order valence-corrected chi connectivity index (χ3v) is 10.7. The lowest BCUT2D eigenvalue weighted by Crippen LogP contribution is -2.53. The zero-order chi connectivity index (χ0) is 11.4. The minimum atomic E-state index is -2.36. The van der Waals surface area contributed by atoms with Gasteiger partial charge in [0.2, 0.25) is 0 Å². The zero-order valence-corrected chi connectivity index (χ0v) is 11.8. The van der Waals surface area contributed by atoms with Crippen molar-refractivity contribution in [1.29, 1.82) is 0 Å². The molecule has 0 aliphatic heterocycles. The van der Waals surface area contributed by atoms with Gasteiger partial charge >= 0.3 is 17.1 Å². The normalized spacial score (nSPS) is 13.0. The van der Waals surface area contributed by atoms with Gasteiger partial charge in [0, 0.05) is 33.3 Å². The summed E-state index contributed by atoms with van der Waals surface area (Å²) >= 11 is 0. The average molecular weight is 236 g/mol. The standard InChI is InChI=1S/C8H20O4Si2/c1-8(13(6,9-2)10-3)14(7,11-4)12-5/h1H2,2-7H3. The highest BCUT2D eigenvalue weighted by atomic mass is 28.4. The summed E-state index contributed by atoms with van der Waals surface area (Å²) in [5.41, 5.74) is 0. The molecule has 0 aliphatic carbocycles. The molecule has 0 saturated heterocycles. The third kappa shape index (κ3) is 2.53. The molecule has 0 spiro atoms. The maximum Gasteiger partial charge on any atom is 0.364 e. The molecule has 0 aromatic heterocycles. The van der Waals surface area contributed by atoms with Crippen molar-refractivity contribution in [2.75, 3.05) is 28.4 Å². The summed E-state index contributed by atoms with van der Waals surface area (Å²) in [5.74, 6) is 0. The maximum atomic E-state index is 5.39. The van der Waals surface area contributed by atoms with Crippen LogP contribution in [0.2, 0.25) is 13.1 Å². The van der Waals surface area contributed by atoms with Gasteiger partial charge in [-0.2, -0.15) is 0 Å². The summed E-state index contributed by atoms with van der Waals surface area (Å²) in [6, 6.07) is 0. The van der Waals surface area contributed by atoms with E-state index in [-0.39, 0.29) is 0 Å². The lowest BCUT2D eigenvalue weighted by atomic mass is 11.2. The number of rotatable bonds is 6. The van der Waals surface area contributed by atoms with Crippen molar-refractivity contribution >= 4 is 17.1 Å². The van der Waals surface area contributed by atoms with Gasteiger partial charge in [0.05, 0.1) is 0 Å². The molecule has 0 saturated carbocycles. The van der Waals surface area contributed by atoms with Crippen molar-refractivity contribution in [3.8, 4) is 0 Å². The Bertz CT molecular complexity index is 180. The number of hydrogen-bond donors (Lipinski definition) is 0. The molecule has 0 unspecified atom stereocenters. The highest BCUT2D eigenvalue weighted by molar-refractivity contribution is 6.95. The lowest BCUT2D eigenvalue weighted by molar-refractivity contribution is 0.241. The van der Waals surface area contributed by atoms with Gasteiger partial charge < -0.3 is 17.7 Å². The molecule has 0 rings (SSSR count). The molecule has 0 aromatic carbocycles. The van der Waals surface area contributed by atoms with Crippen molar-refractivity contribution in [3.63, 3.8) is 0 Å². The van der Waals surface area contributed by atoms with Crippen LogP contribution >= 0.6 is 0 Å². The van der Waals surface area contributed by atoms with Crippen LogP contribution in [-0.4, -0.2) is 45.6 Å². The van der Waals surface area contributed by atoms with Gasteiger partial charge in [0.1, 0.15) is 0 Å². The van der Waals surface area contributed by atoms with Gasteiger partial charge in [0.25, 0.3) is 0 Å². The van der Waals surface area contributed by atoms with Crippen molar-refractivity contribution in [2.24, 2.45) is 0 Å². The van der Waals surface area contributed by atoms with Crippen LogP contribution in [0.15, 0.2) is 11.4 Å². The molecular formula is C8H20O4Si2. The van der Waals surface area contributed by atoms with Crippen LogP contribution in [0.3, 0.4) is 0 Å². The second-order valence-electron chi connectivity index (χ2n) is 3.19. The first kappa shape index (κ1) is 14.0. The van der Waals surface area contributed by atoms with Crippen LogP contribution in [-0.2, 0) is 17.7 Å². The largest absolute Gasteiger partial charge is 0.395 e. The molecule has 4 nitrogen and oxygen atoms in total. The SMILES string of the molecule is C=C([Si](C)(OC)OC)[Si](C)(OC)OC. The quantitative estimate of drug-likeness (QED) is 0.652. The fourth-order valence-corrected chi connectivity index (χ4v) is 6.92. The summed E-state index contributed by atoms with van der Waals surface area (Å²) in [4.78, 5) is 0.847. The van der Waals surface area contributed by atoms with E-state index in [1.807, 2.05) is 13.1 Å². The Morgan fingerprint density at radius 2 is 1.00 bits per heavy atom. The fraction of sp³-hybridized carbons (Fsp3) is 0.750. The van der Waals surface area contributed by atoms with Gasteiger partial charge in [-0.05, 0) is 13.1 Å². The molecule has 6 heteroatoms. The molecule has 0 fully saturated rings. The fourth-order valence-electron chi connectivity index (χ4n) is 1.07. The zero-order valence-electron chi connectivity index (χ0n) is 9.84. The molecule has 0 heterocycles. The summed E-state index contributed by atoms with van der Waals surface area (Å²) in [7, 11) is 1.78. The van der Waals surface area contributed by atoms with Crippen molar-refractivity contribution in [2.45, 2.75) is 13.1 Å². The minimum Gasteiger partial charge on any atom is -0.395 e. The molecule has 0 radical (unpaired) electrons. The van der Waals surface area contributed by atoms with E-state index in [4.69, 9.17) is 17.7 Å². The van der Waals surface area contributed by atoms with E-state index in [9.17, 15) is 0 Å². The van der Waals surface area contributed by atoms with Crippen LogP contribution < -0.4 is 0 Å². The molecule has 0 bridgehead atoms. The van der Waals surface area contributed by atoms with Gasteiger partial charge in [-0.3, -0.25) is 0 Å². The molecule has 0 atom stereocenters. The first-order chi connectivity index (χ1) is 6.40. The maximum absolute atomic E-state index is 5.39. The Balaban J connectivity index is 4.90. The van der Waals surface area contributed by atoms with E-state index < -0.39 is 17.1 Å². The van der Waals surface area contributed by atoms with Crippen molar-refractivity contribution in [1.82, 2.24) is 0 Å². The first-order valence-electron chi connectivity index (χ1n) is 4.30. The molecule has 0 amide bonds. The highest BCUT2D eigenvalue weighted by Crippen LogP contribution is 2.25. The predicted molar refractivity (Wildman–Crippen MR) is 60.4 cm³/mol. The molecule has 14 heavy (non-hydrogen) atoms. The third-order valence-electron chi connectivity index (χ3n) is 2.65. The summed E-state index contributed by atoms with van der Waals surface area (Å²) in [6.45, 7) is 7.86. The van der Waals surface area contributed by atoms with Crippen LogP contribution in [0.5, 0.6) is 0 Å². The van der Waals surface area contributed by atoms with Gasteiger partial charge in [-0.15, -0.1) is 0 Å². The highest BCUT2D eigenvalue weighted by Gasteiger charge is 2.47. The average Bonchev–Trinajstić information content (AvgIpc) is 2.25. The Hall–Kier alpha value is 0.0138. The van der Waals surface area contributed by atoms with Gasteiger partial charge in [-0.25, -0.2) is 0 Å². The van der Waals surface area contributed by atoms with Crippen LogP contribution in [0.1, 0.15) is 0 Å². The summed E-state index contributed by atoms with van der Waals surface area (Å²) in [6.07, 6.45) is 0. The molecule has 0 aliphatic rings.